The number of carbonyl (C=O) groups is 1. The number of aromatic nitrogens is 2. The fraction of sp³-hybridized carbons (Fsp3) is 0.120. The number of nitrogens with zero attached hydrogens (tertiary/aromatic N) is 2. The van der Waals surface area contributed by atoms with Crippen molar-refractivity contribution in [2.45, 2.75) is 13.0 Å². The molecule has 0 aliphatic rings. The predicted molar refractivity (Wildman–Crippen MR) is 116 cm³/mol. The standard InChI is InChI=1S/C25H20F2N2O3/c26-19-8-6-18(7-9-19)23-15-22(28-29(23)13-12-17-4-2-1-3-5-17)21-11-10-20(27)14-24(21)32-16-25(30)31/h1-11,14-15H,12-13,16H2,(H,30,31). The number of halogens is 2. The molecule has 0 bridgehead atoms. The minimum Gasteiger partial charge on any atom is -0.481 e. The average Bonchev–Trinajstić information content (AvgIpc) is 3.21. The zero-order valence-electron chi connectivity index (χ0n) is 17.0. The van der Waals surface area contributed by atoms with Gasteiger partial charge in [0.05, 0.1) is 11.4 Å². The summed E-state index contributed by atoms with van der Waals surface area (Å²) in [6.07, 6.45) is 0.724. The third kappa shape index (κ3) is 5.00. The van der Waals surface area contributed by atoms with Gasteiger partial charge in [0.2, 0.25) is 0 Å². The quantitative estimate of drug-likeness (QED) is 0.414. The topological polar surface area (TPSA) is 64.3 Å². The maximum absolute atomic E-state index is 13.8. The lowest BCUT2D eigenvalue weighted by Gasteiger charge is -2.09. The summed E-state index contributed by atoms with van der Waals surface area (Å²) in [6, 6.07) is 21.7. The van der Waals surface area contributed by atoms with Crippen LogP contribution in [0.4, 0.5) is 8.78 Å². The summed E-state index contributed by atoms with van der Waals surface area (Å²) >= 11 is 0. The fourth-order valence-corrected chi connectivity index (χ4v) is 3.42. The van der Waals surface area contributed by atoms with Crippen LogP contribution in [-0.2, 0) is 17.8 Å². The number of aryl methyl sites for hydroxylation is 2. The predicted octanol–water partition coefficient (Wildman–Crippen LogP) is 5.20. The third-order valence-corrected chi connectivity index (χ3v) is 4.95. The normalized spacial score (nSPS) is 10.8. The van der Waals surface area contributed by atoms with E-state index in [1.807, 2.05) is 30.3 Å². The molecule has 0 atom stereocenters. The monoisotopic (exact) mass is 434 g/mol. The summed E-state index contributed by atoms with van der Waals surface area (Å²) in [5, 5.41) is 13.6. The number of rotatable bonds is 8. The molecule has 3 aromatic carbocycles. The van der Waals surface area contributed by atoms with Gasteiger partial charge in [-0.2, -0.15) is 5.10 Å². The van der Waals surface area contributed by atoms with Crippen LogP contribution in [-0.4, -0.2) is 27.5 Å². The Morgan fingerprint density at radius 1 is 0.938 bits per heavy atom. The number of carboxylic acids is 1. The fourth-order valence-electron chi connectivity index (χ4n) is 3.42. The van der Waals surface area contributed by atoms with E-state index in [9.17, 15) is 13.6 Å². The van der Waals surface area contributed by atoms with E-state index in [0.717, 1.165) is 29.3 Å². The minimum absolute atomic E-state index is 0.0887. The number of ether oxygens (including phenoxy) is 1. The van der Waals surface area contributed by atoms with Crippen molar-refractivity contribution in [2.24, 2.45) is 0 Å². The first kappa shape index (κ1) is 21.2. The van der Waals surface area contributed by atoms with Crippen molar-refractivity contribution in [3.8, 4) is 28.3 Å². The molecular formula is C25H20F2N2O3. The van der Waals surface area contributed by atoms with E-state index in [1.165, 1.54) is 24.3 Å². The summed E-state index contributed by atoms with van der Waals surface area (Å²) in [5.41, 5.74) is 3.63. The summed E-state index contributed by atoms with van der Waals surface area (Å²) in [6.45, 7) is -0.0424. The molecular weight excluding hydrogens is 414 g/mol. The molecule has 0 spiro atoms. The lowest BCUT2D eigenvalue weighted by atomic mass is 10.1. The lowest BCUT2D eigenvalue weighted by molar-refractivity contribution is -0.139. The van der Waals surface area contributed by atoms with Crippen LogP contribution < -0.4 is 4.74 Å². The van der Waals surface area contributed by atoms with Gasteiger partial charge in [-0.05, 0) is 54.4 Å². The summed E-state index contributed by atoms with van der Waals surface area (Å²) in [4.78, 5) is 10.9. The zero-order chi connectivity index (χ0) is 22.5. The molecule has 162 valence electrons. The number of benzene rings is 3. The Labute approximate surface area is 183 Å². The number of aliphatic carboxylic acids is 1. The largest absolute Gasteiger partial charge is 0.481 e. The molecule has 0 aliphatic heterocycles. The summed E-state index contributed by atoms with van der Waals surface area (Å²) in [5.74, 6) is -1.96. The first-order chi connectivity index (χ1) is 15.5. The van der Waals surface area contributed by atoms with Gasteiger partial charge in [-0.1, -0.05) is 30.3 Å². The van der Waals surface area contributed by atoms with E-state index in [2.05, 4.69) is 5.10 Å². The molecule has 0 amide bonds. The van der Waals surface area contributed by atoms with E-state index in [1.54, 1.807) is 22.9 Å². The van der Waals surface area contributed by atoms with Crippen LogP contribution in [0.5, 0.6) is 5.75 Å². The Hall–Kier alpha value is -4.00. The van der Waals surface area contributed by atoms with Crippen molar-refractivity contribution in [2.75, 3.05) is 6.61 Å². The van der Waals surface area contributed by atoms with Gasteiger partial charge in [0.1, 0.15) is 17.4 Å². The SMILES string of the molecule is O=C(O)COc1cc(F)ccc1-c1cc(-c2ccc(F)cc2)n(CCc2ccccc2)n1. The molecule has 0 saturated carbocycles. The molecule has 0 aliphatic carbocycles. The molecule has 4 aromatic rings. The Kier molecular flexibility index (Phi) is 6.26. The zero-order valence-corrected chi connectivity index (χ0v) is 17.0. The second kappa shape index (κ2) is 9.43. The minimum atomic E-state index is -1.17. The molecule has 4 rings (SSSR count). The van der Waals surface area contributed by atoms with Gasteiger partial charge in [0.15, 0.2) is 6.61 Å². The first-order valence-electron chi connectivity index (χ1n) is 10.0. The molecule has 32 heavy (non-hydrogen) atoms. The molecule has 0 radical (unpaired) electrons. The second-order valence-electron chi connectivity index (χ2n) is 7.20. The van der Waals surface area contributed by atoms with Gasteiger partial charge in [-0.15, -0.1) is 0 Å². The summed E-state index contributed by atoms with van der Waals surface area (Å²) < 4.78 is 34.4. The van der Waals surface area contributed by atoms with Gasteiger partial charge < -0.3 is 9.84 Å². The highest BCUT2D eigenvalue weighted by Crippen LogP contribution is 2.33. The van der Waals surface area contributed by atoms with E-state index in [-0.39, 0.29) is 11.6 Å². The Morgan fingerprint density at radius 2 is 1.66 bits per heavy atom. The van der Waals surface area contributed by atoms with E-state index >= 15 is 0 Å². The number of hydrogen-bond donors (Lipinski definition) is 1. The van der Waals surface area contributed by atoms with Gasteiger partial charge in [0.25, 0.3) is 0 Å². The molecule has 5 nitrogen and oxygen atoms in total. The van der Waals surface area contributed by atoms with Crippen molar-refractivity contribution in [1.82, 2.24) is 9.78 Å². The number of hydrogen-bond acceptors (Lipinski definition) is 3. The molecule has 1 aromatic heterocycles. The smallest absolute Gasteiger partial charge is 0.341 e. The Morgan fingerprint density at radius 3 is 2.38 bits per heavy atom. The van der Waals surface area contributed by atoms with Crippen LogP contribution in [0.25, 0.3) is 22.5 Å². The van der Waals surface area contributed by atoms with E-state index < -0.39 is 18.4 Å². The highest BCUT2D eigenvalue weighted by Gasteiger charge is 2.16. The van der Waals surface area contributed by atoms with Crippen LogP contribution in [0.2, 0.25) is 0 Å². The molecule has 0 saturated heterocycles. The van der Waals surface area contributed by atoms with Gasteiger partial charge in [0, 0.05) is 23.7 Å². The van der Waals surface area contributed by atoms with Crippen molar-refractivity contribution in [1.29, 1.82) is 0 Å². The third-order valence-electron chi connectivity index (χ3n) is 4.95. The van der Waals surface area contributed by atoms with E-state index in [0.29, 0.717) is 17.8 Å². The molecule has 7 heteroatoms. The molecule has 0 unspecified atom stereocenters. The maximum atomic E-state index is 13.8. The Balaban J connectivity index is 1.73. The van der Waals surface area contributed by atoms with Crippen LogP contribution in [0.15, 0.2) is 78.9 Å². The average molecular weight is 434 g/mol. The molecule has 1 heterocycles. The summed E-state index contributed by atoms with van der Waals surface area (Å²) in [7, 11) is 0. The number of carboxylic acid groups (broad SMARTS) is 1. The Bertz CT molecular complexity index is 1220. The van der Waals surface area contributed by atoms with Crippen molar-refractivity contribution in [3.05, 3.63) is 96.1 Å². The van der Waals surface area contributed by atoms with Crippen molar-refractivity contribution >= 4 is 5.97 Å². The molecule has 1 N–H and O–H groups in total. The second-order valence-corrected chi connectivity index (χ2v) is 7.20. The van der Waals surface area contributed by atoms with Gasteiger partial charge >= 0.3 is 5.97 Å². The highest BCUT2D eigenvalue weighted by molar-refractivity contribution is 5.74. The van der Waals surface area contributed by atoms with Crippen LogP contribution in [0, 0.1) is 11.6 Å². The van der Waals surface area contributed by atoms with Crippen LogP contribution >= 0.6 is 0 Å². The van der Waals surface area contributed by atoms with Crippen LogP contribution in [0.1, 0.15) is 5.56 Å². The van der Waals surface area contributed by atoms with Crippen molar-refractivity contribution < 1.29 is 23.4 Å². The first-order valence-corrected chi connectivity index (χ1v) is 10.0. The van der Waals surface area contributed by atoms with Crippen molar-refractivity contribution in [3.63, 3.8) is 0 Å². The van der Waals surface area contributed by atoms with E-state index in [4.69, 9.17) is 9.84 Å². The maximum Gasteiger partial charge on any atom is 0.341 e. The highest BCUT2D eigenvalue weighted by atomic mass is 19.1. The van der Waals surface area contributed by atoms with Gasteiger partial charge in [-0.25, -0.2) is 13.6 Å². The van der Waals surface area contributed by atoms with Gasteiger partial charge in [-0.3, -0.25) is 4.68 Å². The molecule has 0 fully saturated rings. The van der Waals surface area contributed by atoms with Crippen LogP contribution in [0.3, 0.4) is 0 Å². The lowest BCUT2D eigenvalue weighted by Crippen LogP contribution is -2.10.